The highest BCUT2D eigenvalue weighted by molar-refractivity contribution is 5.69. The number of piperidine rings is 1. The lowest BCUT2D eigenvalue weighted by molar-refractivity contribution is 0.0530. The Morgan fingerprint density at radius 3 is 2.32 bits per heavy atom. The Kier molecular flexibility index (Phi) is 5.43. The van der Waals surface area contributed by atoms with Crippen LogP contribution in [0.4, 0.5) is 0 Å². The first kappa shape index (κ1) is 21.2. The molecule has 3 aromatic rings. The van der Waals surface area contributed by atoms with Crippen LogP contribution in [0.3, 0.4) is 0 Å². The van der Waals surface area contributed by atoms with Crippen LogP contribution in [0.2, 0.25) is 0 Å². The lowest BCUT2D eigenvalue weighted by Gasteiger charge is -2.46. The second kappa shape index (κ2) is 7.92. The normalized spacial score (nSPS) is 18.0. The highest BCUT2D eigenvalue weighted by Gasteiger charge is 2.38. The van der Waals surface area contributed by atoms with Gasteiger partial charge >= 0.3 is 0 Å². The van der Waals surface area contributed by atoms with Crippen molar-refractivity contribution in [2.24, 2.45) is 7.05 Å². The van der Waals surface area contributed by atoms with Gasteiger partial charge in [0.15, 0.2) is 0 Å². The van der Waals surface area contributed by atoms with Gasteiger partial charge in [-0.15, -0.1) is 0 Å². The van der Waals surface area contributed by atoms with Crippen LogP contribution in [0.1, 0.15) is 40.5 Å². The SMILES string of the molecule is COc1nc(-c2ccc(OC3CC(C)(C)NC(C)(C)C3)nc2)ccc1-c1cnn(C)n1. The zero-order valence-corrected chi connectivity index (χ0v) is 19.0. The van der Waals surface area contributed by atoms with Crippen LogP contribution in [-0.4, -0.2) is 49.3 Å². The lowest BCUT2D eigenvalue weighted by atomic mass is 9.81. The molecule has 8 nitrogen and oxygen atoms in total. The Hall–Kier alpha value is -3.00. The summed E-state index contributed by atoms with van der Waals surface area (Å²) >= 11 is 0. The highest BCUT2D eigenvalue weighted by Crippen LogP contribution is 2.32. The molecule has 1 aliphatic heterocycles. The topological polar surface area (TPSA) is 87.0 Å². The van der Waals surface area contributed by atoms with E-state index in [1.807, 2.05) is 24.3 Å². The fourth-order valence-corrected chi connectivity index (χ4v) is 4.51. The van der Waals surface area contributed by atoms with Gasteiger partial charge in [-0.25, -0.2) is 9.97 Å². The summed E-state index contributed by atoms with van der Waals surface area (Å²) in [6.45, 7) is 8.85. The Bertz CT molecular complexity index is 1040. The highest BCUT2D eigenvalue weighted by atomic mass is 16.5. The van der Waals surface area contributed by atoms with Gasteiger partial charge in [-0.1, -0.05) is 0 Å². The van der Waals surface area contributed by atoms with Gasteiger partial charge in [0.2, 0.25) is 11.8 Å². The minimum atomic E-state index is 0.0255. The molecule has 1 fully saturated rings. The fraction of sp³-hybridized carbons (Fsp3) is 0.478. The third kappa shape index (κ3) is 4.85. The van der Waals surface area contributed by atoms with Crippen LogP contribution in [-0.2, 0) is 7.05 Å². The summed E-state index contributed by atoms with van der Waals surface area (Å²) in [5.41, 5.74) is 3.22. The third-order valence-corrected chi connectivity index (χ3v) is 5.40. The van der Waals surface area contributed by atoms with E-state index in [-0.39, 0.29) is 17.2 Å². The van der Waals surface area contributed by atoms with E-state index in [2.05, 4.69) is 53.2 Å². The van der Waals surface area contributed by atoms with Crippen molar-refractivity contribution in [2.75, 3.05) is 7.11 Å². The van der Waals surface area contributed by atoms with Crippen LogP contribution in [0.25, 0.3) is 22.5 Å². The van der Waals surface area contributed by atoms with Crippen molar-refractivity contribution in [1.29, 1.82) is 0 Å². The van der Waals surface area contributed by atoms with Gasteiger partial charge in [0.1, 0.15) is 11.8 Å². The molecule has 4 rings (SSSR count). The molecule has 0 aromatic carbocycles. The maximum absolute atomic E-state index is 6.23. The monoisotopic (exact) mass is 422 g/mol. The molecule has 0 aliphatic carbocycles. The molecule has 164 valence electrons. The molecule has 0 unspecified atom stereocenters. The van der Waals surface area contributed by atoms with E-state index < -0.39 is 0 Å². The summed E-state index contributed by atoms with van der Waals surface area (Å²) in [5.74, 6) is 1.13. The molecule has 31 heavy (non-hydrogen) atoms. The molecule has 3 aromatic heterocycles. The molecule has 0 radical (unpaired) electrons. The Morgan fingerprint density at radius 2 is 1.74 bits per heavy atom. The molecule has 4 heterocycles. The van der Waals surface area contributed by atoms with E-state index in [4.69, 9.17) is 9.47 Å². The number of hydrogen-bond acceptors (Lipinski definition) is 7. The minimum Gasteiger partial charge on any atom is -0.480 e. The van der Waals surface area contributed by atoms with Crippen LogP contribution in [0, 0.1) is 0 Å². The summed E-state index contributed by atoms with van der Waals surface area (Å²) in [4.78, 5) is 10.7. The van der Waals surface area contributed by atoms with Crippen LogP contribution in [0.15, 0.2) is 36.7 Å². The van der Waals surface area contributed by atoms with Gasteiger partial charge < -0.3 is 14.8 Å². The predicted molar refractivity (Wildman–Crippen MR) is 119 cm³/mol. The number of pyridine rings is 2. The first-order valence-electron chi connectivity index (χ1n) is 10.5. The second-order valence-corrected chi connectivity index (χ2v) is 9.40. The number of aryl methyl sites for hydroxylation is 1. The largest absolute Gasteiger partial charge is 0.480 e. The Labute approximate surface area is 183 Å². The lowest BCUT2D eigenvalue weighted by Crippen LogP contribution is -2.60. The van der Waals surface area contributed by atoms with Crippen molar-refractivity contribution in [1.82, 2.24) is 30.3 Å². The number of ether oxygens (including phenoxy) is 2. The average molecular weight is 423 g/mol. The maximum Gasteiger partial charge on any atom is 0.223 e. The fourth-order valence-electron chi connectivity index (χ4n) is 4.51. The van der Waals surface area contributed by atoms with E-state index in [1.165, 1.54) is 4.80 Å². The van der Waals surface area contributed by atoms with Crippen LogP contribution >= 0.6 is 0 Å². The molecule has 8 heteroatoms. The zero-order valence-electron chi connectivity index (χ0n) is 19.0. The van der Waals surface area contributed by atoms with Crippen molar-refractivity contribution >= 4 is 0 Å². The smallest absolute Gasteiger partial charge is 0.223 e. The van der Waals surface area contributed by atoms with Gasteiger partial charge in [-0.3, -0.25) is 0 Å². The summed E-state index contributed by atoms with van der Waals surface area (Å²) in [6, 6.07) is 7.75. The Balaban J connectivity index is 1.52. The minimum absolute atomic E-state index is 0.0255. The van der Waals surface area contributed by atoms with E-state index in [9.17, 15) is 0 Å². The molecule has 1 N–H and O–H groups in total. The summed E-state index contributed by atoms with van der Waals surface area (Å²) in [7, 11) is 3.38. The number of aromatic nitrogens is 5. The standard InChI is InChI=1S/C23H30N6O2/c1-22(2)11-16(12-23(3,4)28-22)31-20-10-7-15(13-24-20)18-9-8-17(21(26-18)30-6)19-14-25-29(5)27-19/h7-10,13-14,16,28H,11-12H2,1-6H3. The van der Waals surface area contributed by atoms with Gasteiger partial charge in [-0.05, 0) is 45.9 Å². The molecular formula is C23H30N6O2. The molecule has 1 saturated heterocycles. The molecule has 1 aliphatic rings. The van der Waals surface area contributed by atoms with Crippen molar-refractivity contribution < 1.29 is 9.47 Å². The van der Waals surface area contributed by atoms with Crippen molar-refractivity contribution in [3.05, 3.63) is 36.7 Å². The van der Waals surface area contributed by atoms with E-state index in [0.717, 1.165) is 29.7 Å². The number of nitrogens with zero attached hydrogens (tertiary/aromatic N) is 5. The number of rotatable bonds is 5. The predicted octanol–water partition coefficient (Wildman–Crippen LogP) is 3.64. The van der Waals surface area contributed by atoms with E-state index >= 15 is 0 Å². The van der Waals surface area contributed by atoms with Crippen molar-refractivity contribution in [3.8, 4) is 34.3 Å². The van der Waals surface area contributed by atoms with Crippen LogP contribution in [0.5, 0.6) is 11.8 Å². The molecular weight excluding hydrogens is 392 g/mol. The summed E-state index contributed by atoms with van der Waals surface area (Å²) in [5, 5.41) is 12.1. The average Bonchev–Trinajstić information content (AvgIpc) is 3.12. The zero-order chi connectivity index (χ0) is 22.2. The molecule has 0 amide bonds. The molecule has 0 atom stereocenters. The van der Waals surface area contributed by atoms with Crippen LogP contribution < -0.4 is 14.8 Å². The first-order valence-corrected chi connectivity index (χ1v) is 10.5. The van der Waals surface area contributed by atoms with Crippen molar-refractivity contribution in [2.45, 2.75) is 57.7 Å². The molecule has 0 spiro atoms. The third-order valence-electron chi connectivity index (χ3n) is 5.40. The van der Waals surface area contributed by atoms with Gasteiger partial charge in [0.25, 0.3) is 0 Å². The number of hydrogen-bond donors (Lipinski definition) is 1. The quantitative estimate of drug-likeness (QED) is 0.672. The van der Waals surface area contributed by atoms with Gasteiger partial charge in [-0.2, -0.15) is 15.0 Å². The molecule has 0 bridgehead atoms. The second-order valence-electron chi connectivity index (χ2n) is 9.40. The number of methoxy groups -OCH3 is 1. The van der Waals surface area contributed by atoms with E-state index in [1.54, 1.807) is 26.6 Å². The Morgan fingerprint density at radius 1 is 1.00 bits per heavy atom. The van der Waals surface area contributed by atoms with E-state index in [0.29, 0.717) is 17.5 Å². The van der Waals surface area contributed by atoms with Gasteiger partial charge in [0, 0.05) is 48.8 Å². The maximum atomic E-state index is 6.23. The summed E-state index contributed by atoms with van der Waals surface area (Å²) < 4.78 is 11.7. The summed E-state index contributed by atoms with van der Waals surface area (Å²) in [6.07, 6.45) is 5.46. The van der Waals surface area contributed by atoms with Gasteiger partial charge in [0.05, 0.1) is 24.6 Å². The first-order chi connectivity index (χ1) is 14.6. The molecule has 0 saturated carbocycles. The van der Waals surface area contributed by atoms with Crippen molar-refractivity contribution in [3.63, 3.8) is 0 Å². The number of nitrogens with one attached hydrogen (secondary N) is 1.